The second kappa shape index (κ2) is 10.6. The van der Waals surface area contributed by atoms with Crippen molar-refractivity contribution in [2.45, 2.75) is 45.2 Å². The minimum atomic E-state index is 0.131. The minimum absolute atomic E-state index is 0.131. The zero-order valence-corrected chi connectivity index (χ0v) is 24.0. The van der Waals surface area contributed by atoms with Crippen molar-refractivity contribution < 1.29 is 0 Å². The number of piperidine rings is 1. The number of rotatable bonds is 6. The van der Waals surface area contributed by atoms with E-state index in [1.807, 2.05) is 16.9 Å². The highest BCUT2D eigenvalue weighted by molar-refractivity contribution is 5.94. The van der Waals surface area contributed by atoms with E-state index in [9.17, 15) is 0 Å². The fourth-order valence-electron chi connectivity index (χ4n) is 6.56. The maximum Gasteiger partial charge on any atom is 0.113 e. The van der Waals surface area contributed by atoms with Gasteiger partial charge in [-0.2, -0.15) is 5.10 Å². The maximum absolute atomic E-state index is 5.18. The number of nitrogens with zero attached hydrogens (tertiary/aromatic N) is 6. The molecular weight excluding hydrogens is 504 g/mol. The van der Waals surface area contributed by atoms with E-state index in [-0.39, 0.29) is 6.04 Å². The molecule has 1 fully saturated rings. The summed E-state index contributed by atoms with van der Waals surface area (Å²) in [5.41, 5.74) is 9.39. The molecule has 3 aromatic heterocycles. The fraction of sp³-hybridized carbons (Fsp3) is 0.286. The van der Waals surface area contributed by atoms with Crippen LogP contribution < -0.4 is 0 Å². The summed E-state index contributed by atoms with van der Waals surface area (Å²) in [4.78, 5) is 12.4. The lowest BCUT2D eigenvalue weighted by Gasteiger charge is -2.32. The average molecular weight is 541 g/mol. The Morgan fingerprint density at radius 2 is 1.66 bits per heavy atom. The molecule has 0 aliphatic carbocycles. The molecule has 1 aliphatic rings. The summed E-state index contributed by atoms with van der Waals surface area (Å²) in [5, 5.41) is 6.12. The normalized spacial score (nSPS) is 15.6. The lowest BCUT2D eigenvalue weighted by atomic mass is 9.95. The van der Waals surface area contributed by atoms with Crippen LogP contribution in [0.15, 0.2) is 91.1 Å². The van der Waals surface area contributed by atoms with E-state index in [0.717, 1.165) is 49.4 Å². The summed E-state index contributed by atoms with van der Waals surface area (Å²) in [6, 6.07) is 30.2. The van der Waals surface area contributed by atoms with E-state index in [4.69, 9.17) is 10.1 Å². The molecule has 41 heavy (non-hydrogen) atoms. The van der Waals surface area contributed by atoms with Crippen LogP contribution >= 0.6 is 0 Å². The van der Waals surface area contributed by atoms with E-state index < -0.39 is 0 Å². The quantitative estimate of drug-likeness (QED) is 0.223. The highest BCUT2D eigenvalue weighted by atomic mass is 15.3. The number of hydrogen-bond acceptors (Lipinski definition) is 4. The Morgan fingerprint density at radius 1 is 0.878 bits per heavy atom. The number of likely N-dealkylation sites (tertiary alicyclic amines) is 1. The number of hydrogen-bond donors (Lipinski definition) is 0. The third-order valence-corrected chi connectivity index (χ3v) is 8.80. The lowest BCUT2D eigenvalue weighted by molar-refractivity contribution is 0.200. The van der Waals surface area contributed by atoms with Gasteiger partial charge in [0.1, 0.15) is 11.5 Å². The van der Waals surface area contributed by atoms with Gasteiger partial charge < -0.3 is 4.57 Å². The zero-order valence-electron chi connectivity index (χ0n) is 24.0. The SMILES string of the molecule is Cc1ccccc1-c1nn(C)c2cc(CN3CCC(c4nc5ccccc5n4C(C)c4ccccn4)CC3)ccc12. The second-order valence-electron chi connectivity index (χ2n) is 11.4. The van der Waals surface area contributed by atoms with Gasteiger partial charge in [0.25, 0.3) is 0 Å². The predicted octanol–water partition coefficient (Wildman–Crippen LogP) is 7.28. The molecule has 6 nitrogen and oxygen atoms in total. The van der Waals surface area contributed by atoms with E-state index >= 15 is 0 Å². The van der Waals surface area contributed by atoms with Crippen molar-refractivity contribution in [2.75, 3.05) is 13.1 Å². The monoisotopic (exact) mass is 540 g/mol. The van der Waals surface area contributed by atoms with Crippen molar-refractivity contribution in [1.29, 1.82) is 0 Å². The molecule has 206 valence electrons. The van der Waals surface area contributed by atoms with Gasteiger partial charge in [-0.1, -0.05) is 54.6 Å². The van der Waals surface area contributed by atoms with Crippen LogP contribution in [0, 0.1) is 6.92 Å². The lowest BCUT2D eigenvalue weighted by Crippen LogP contribution is -2.33. The highest BCUT2D eigenvalue weighted by Gasteiger charge is 2.28. The Morgan fingerprint density at radius 3 is 2.46 bits per heavy atom. The molecule has 1 aliphatic heterocycles. The first kappa shape index (κ1) is 25.7. The van der Waals surface area contributed by atoms with Gasteiger partial charge in [-0.05, 0) is 81.2 Å². The molecule has 7 rings (SSSR count). The summed E-state index contributed by atoms with van der Waals surface area (Å²) in [7, 11) is 2.05. The molecule has 1 saturated heterocycles. The first-order valence-electron chi connectivity index (χ1n) is 14.7. The molecular formula is C35H36N6. The number of pyridine rings is 1. The van der Waals surface area contributed by atoms with Gasteiger partial charge in [-0.3, -0.25) is 14.6 Å². The summed E-state index contributed by atoms with van der Waals surface area (Å²) in [6.45, 7) is 7.47. The number of para-hydroxylation sites is 2. The molecule has 0 bridgehead atoms. The van der Waals surface area contributed by atoms with Crippen molar-refractivity contribution in [3.63, 3.8) is 0 Å². The van der Waals surface area contributed by atoms with Crippen molar-refractivity contribution in [3.05, 3.63) is 114 Å². The summed E-state index contributed by atoms with van der Waals surface area (Å²) in [5.74, 6) is 1.63. The van der Waals surface area contributed by atoms with E-state index in [0.29, 0.717) is 5.92 Å². The van der Waals surface area contributed by atoms with E-state index in [1.165, 1.54) is 38.9 Å². The van der Waals surface area contributed by atoms with Crippen LogP contribution in [0.1, 0.15) is 54.4 Å². The number of imidazole rings is 1. The molecule has 3 aromatic carbocycles. The maximum atomic E-state index is 5.18. The first-order chi connectivity index (χ1) is 20.1. The third kappa shape index (κ3) is 4.72. The summed E-state index contributed by atoms with van der Waals surface area (Å²) < 4.78 is 4.46. The summed E-state index contributed by atoms with van der Waals surface area (Å²) >= 11 is 0. The van der Waals surface area contributed by atoms with Crippen LogP contribution in [0.3, 0.4) is 0 Å². The van der Waals surface area contributed by atoms with Gasteiger partial charge in [-0.25, -0.2) is 4.98 Å². The zero-order chi connectivity index (χ0) is 27.9. The number of fused-ring (bicyclic) bond motifs is 2. The molecule has 0 spiro atoms. The van der Waals surface area contributed by atoms with Gasteiger partial charge in [0, 0.05) is 36.7 Å². The molecule has 4 heterocycles. The van der Waals surface area contributed by atoms with Crippen LogP contribution in [-0.4, -0.2) is 42.3 Å². The van der Waals surface area contributed by atoms with Crippen LogP contribution in [0.4, 0.5) is 0 Å². The van der Waals surface area contributed by atoms with Gasteiger partial charge >= 0.3 is 0 Å². The van der Waals surface area contributed by atoms with E-state index in [2.05, 4.69) is 114 Å². The Bertz CT molecular complexity index is 1820. The largest absolute Gasteiger partial charge is 0.319 e. The van der Waals surface area contributed by atoms with Crippen molar-refractivity contribution in [1.82, 2.24) is 29.2 Å². The molecule has 0 N–H and O–H groups in total. The molecule has 1 atom stereocenters. The van der Waals surface area contributed by atoms with Gasteiger partial charge in [0.15, 0.2) is 0 Å². The van der Waals surface area contributed by atoms with Crippen LogP contribution in [-0.2, 0) is 13.6 Å². The minimum Gasteiger partial charge on any atom is -0.319 e. The smallest absolute Gasteiger partial charge is 0.113 e. The highest BCUT2D eigenvalue weighted by Crippen LogP contribution is 2.35. The van der Waals surface area contributed by atoms with Gasteiger partial charge in [-0.15, -0.1) is 0 Å². The van der Waals surface area contributed by atoms with Crippen LogP contribution in [0.5, 0.6) is 0 Å². The molecule has 6 aromatic rings. The number of aromatic nitrogens is 5. The Balaban J connectivity index is 1.10. The van der Waals surface area contributed by atoms with Gasteiger partial charge in [0.2, 0.25) is 0 Å². The first-order valence-corrected chi connectivity index (χ1v) is 14.7. The van der Waals surface area contributed by atoms with Crippen LogP contribution in [0.25, 0.3) is 33.2 Å². The Kier molecular flexibility index (Phi) is 6.63. The molecule has 0 amide bonds. The molecule has 1 unspecified atom stereocenters. The average Bonchev–Trinajstić information content (AvgIpc) is 3.55. The summed E-state index contributed by atoms with van der Waals surface area (Å²) in [6.07, 6.45) is 4.09. The third-order valence-electron chi connectivity index (χ3n) is 8.80. The molecule has 6 heteroatoms. The number of aryl methyl sites for hydroxylation is 2. The standard InChI is InChI=1S/C35H36N6/c1-24-10-4-5-11-28(24)34-29-16-15-26(22-33(29)39(3)38-34)23-40-20-17-27(18-21-40)35-37-31-13-6-7-14-32(31)41(35)25(2)30-12-8-9-19-36-30/h4-16,19,22,25,27H,17-18,20-21,23H2,1-3H3. The number of benzene rings is 3. The fourth-order valence-corrected chi connectivity index (χ4v) is 6.56. The molecule has 0 radical (unpaired) electrons. The second-order valence-corrected chi connectivity index (χ2v) is 11.4. The van der Waals surface area contributed by atoms with Crippen molar-refractivity contribution in [2.24, 2.45) is 7.05 Å². The predicted molar refractivity (Wildman–Crippen MR) is 166 cm³/mol. The van der Waals surface area contributed by atoms with E-state index in [1.54, 1.807) is 0 Å². The van der Waals surface area contributed by atoms with Crippen molar-refractivity contribution in [3.8, 4) is 11.3 Å². The Labute approximate surface area is 241 Å². The van der Waals surface area contributed by atoms with Crippen molar-refractivity contribution >= 4 is 21.9 Å². The Hall–Kier alpha value is -4.29. The molecule has 0 saturated carbocycles. The topological polar surface area (TPSA) is 51.8 Å². The van der Waals surface area contributed by atoms with Gasteiger partial charge in [0.05, 0.1) is 28.3 Å². The van der Waals surface area contributed by atoms with Crippen LogP contribution in [0.2, 0.25) is 0 Å².